The van der Waals surface area contributed by atoms with Gasteiger partial charge < -0.3 is 9.72 Å². The maximum atomic E-state index is 12.9. The van der Waals surface area contributed by atoms with E-state index in [0.29, 0.717) is 21.2 Å². The molecule has 0 amide bonds. The first-order valence-corrected chi connectivity index (χ1v) is 7.85. The van der Waals surface area contributed by atoms with E-state index in [1.165, 1.54) is 7.11 Å². The second-order valence-corrected chi connectivity index (χ2v) is 5.83. The van der Waals surface area contributed by atoms with Crippen LogP contribution in [0.4, 0.5) is 0 Å². The van der Waals surface area contributed by atoms with Gasteiger partial charge in [-0.1, -0.05) is 30.3 Å². The molecule has 6 heteroatoms. The third-order valence-electron chi connectivity index (χ3n) is 4.02. The molecule has 1 atom stereocenters. The molecule has 0 saturated carbocycles. The summed E-state index contributed by atoms with van der Waals surface area (Å²) in [4.78, 5) is 27.6. The fourth-order valence-corrected chi connectivity index (χ4v) is 3.06. The zero-order valence-corrected chi connectivity index (χ0v) is 14.1. The minimum Gasteiger partial charge on any atom is -0.465 e. The molecule has 1 heterocycles. The highest BCUT2D eigenvalue weighted by Gasteiger charge is 2.15. The van der Waals surface area contributed by atoms with Gasteiger partial charge in [0, 0.05) is 0 Å². The Kier molecular flexibility index (Phi) is 4.31. The van der Waals surface area contributed by atoms with Gasteiger partial charge in [-0.15, -0.1) is 0 Å². The molecule has 0 unspecified atom stereocenters. The van der Waals surface area contributed by atoms with Crippen LogP contribution in [-0.4, -0.2) is 22.6 Å². The van der Waals surface area contributed by atoms with Gasteiger partial charge in [-0.3, -0.25) is 9.36 Å². The molecule has 24 heavy (non-hydrogen) atoms. The molecule has 0 bridgehead atoms. The van der Waals surface area contributed by atoms with Crippen molar-refractivity contribution in [3.8, 4) is 0 Å². The first-order chi connectivity index (χ1) is 11.5. The molecule has 3 rings (SSSR count). The van der Waals surface area contributed by atoms with E-state index in [1.807, 2.05) is 37.3 Å². The van der Waals surface area contributed by atoms with Crippen LogP contribution in [0.1, 0.15) is 28.9 Å². The number of hydrogen-bond donors (Lipinski definition) is 1. The lowest BCUT2D eigenvalue weighted by Gasteiger charge is -2.16. The minimum absolute atomic E-state index is 0.193. The van der Waals surface area contributed by atoms with Gasteiger partial charge in [0.2, 0.25) is 0 Å². The number of methoxy groups -OCH3 is 1. The van der Waals surface area contributed by atoms with Crippen molar-refractivity contribution in [2.45, 2.75) is 13.0 Å². The molecule has 0 aliphatic rings. The highest BCUT2D eigenvalue weighted by molar-refractivity contribution is 7.71. The molecule has 5 nitrogen and oxygen atoms in total. The number of nitrogens with zero attached hydrogens (tertiary/aromatic N) is 1. The first kappa shape index (κ1) is 16.1. The number of rotatable bonds is 3. The van der Waals surface area contributed by atoms with Gasteiger partial charge >= 0.3 is 5.97 Å². The predicted octanol–water partition coefficient (Wildman–Crippen LogP) is 3.45. The molecule has 0 radical (unpaired) electrons. The zero-order valence-electron chi connectivity index (χ0n) is 13.3. The van der Waals surface area contributed by atoms with Gasteiger partial charge in [0.15, 0.2) is 4.77 Å². The molecule has 1 aromatic heterocycles. The van der Waals surface area contributed by atoms with Crippen molar-refractivity contribution in [1.82, 2.24) is 9.55 Å². The van der Waals surface area contributed by atoms with Crippen LogP contribution in [0.3, 0.4) is 0 Å². The molecule has 0 fully saturated rings. The summed E-state index contributed by atoms with van der Waals surface area (Å²) in [5, 5.41) is 0.471. The molecular formula is C18H16N2O3S. The van der Waals surface area contributed by atoms with Crippen molar-refractivity contribution in [1.29, 1.82) is 0 Å². The van der Waals surface area contributed by atoms with E-state index in [9.17, 15) is 9.59 Å². The Morgan fingerprint density at radius 2 is 1.92 bits per heavy atom. The standard InChI is InChI=1S/C18H16N2O3S/c1-11(12-6-4-3-5-7-12)20-16(21)14-9-8-13(17(22)23-2)10-15(14)19-18(20)24/h3-11H,1-2H3,(H,19,24)/t11-/m1/s1. The Bertz CT molecular complexity index is 1020. The largest absolute Gasteiger partial charge is 0.465 e. The smallest absolute Gasteiger partial charge is 0.337 e. The van der Waals surface area contributed by atoms with Gasteiger partial charge in [-0.2, -0.15) is 0 Å². The van der Waals surface area contributed by atoms with Crippen LogP contribution < -0.4 is 5.56 Å². The summed E-state index contributed by atoms with van der Waals surface area (Å²) in [5.74, 6) is -0.460. The van der Waals surface area contributed by atoms with Crippen molar-refractivity contribution in [3.63, 3.8) is 0 Å². The van der Waals surface area contributed by atoms with Crippen LogP contribution in [0.5, 0.6) is 0 Å². The number of fused-ring (bicyclic) bond motifs is 1. The van der Waals surface area contributed by atoms with Crippen molar-refractivity contribution in [3.05, 3.63) is 74.8 Å². The lowest BCUT2D eigenvalue weighted by Crippen LogP contribution is -2.26. The molecule has 0 aliphatic carbocycles. The van der Waals surface area contributed by atoms with Crippen LogP contribution in [0.15, 0.2) is 53.3 Å². The van der Waals surface area contributed by atoms with Crippen LogP contribution in [0.2, 0.25) is 0 Å². The summed E-state index contributed by atoms with van der Waals surface area (Å²) in [6.45, 7) is 1.93. The number of aromatic amines is 1. The zero-order chi connectivity index (χ0) is 17.3. The summed E-state index contributed by atoms with van der Waals surface area (Å²) in [5.41, 5.74) is 1.68. The Morgan fingerprint density at radius 1 is 1.21 bits per heavy atom. The number of H-pyrrole nitrogens is 1. The number of aromatic nitrogens is 2. The van der Waals surface area contributed by atoms with Crippen LogP contribution in [-0.2, 0) is 4.74 Å². The highest BCUT2D eigenvalue weighted by Crippen LogP contribution is 2.18. The van der Waals surface area contributed by atoms with E-state index in [4.69, 9.17) is 17.0 Å². The quantitative estimate of drug-likeness (QED) is 0.586. The van der Waals surface area contributed by atoms with Gasteiger partial charge in [0.05, 0.1) is 29.6 Å². The second-order valence-electron chi connectivity index (χ2n) is 5.44. The third kappa shape index (κ3) is 2.76. The van der Waals surface area contributed by atoms with E-state index >= 15 is 0 Å². The lowest BCUT2D eigenvalue weighted by molar-refractivity contribution is 0.0601. The van der Waals surface area contributed by atoms with Gasteiger partial charge in [0.25, 0.3) is 5.56 Å². The molecule has 1 N–H and O–H groups in total. The SMILES string of the molecule is COC(=O)c1ccc2c(=O)n([C@H](C)c3ccccc3)c(=S)[nH]c2c1. The van der Waals surface area contributed by atoms with Gasteiger partial charge in [-0.25, -0.2) is 4.79 Å². The molecule has 0 aliphatic heterocycles. The average Bonchev–Trinajstić information content (AvgIpc) is 2.61. The lowest BCUT2D eigenvalue weighted by atomic mass is 10.1. The predicted molar refractivity (Wildman–Crippen MR) is 95.0 cm³/mol. The highest BCUT2D eigenvalue weighted by atomic mass is 32.1. The summed E-state index contributed by atoms with van der Waals surface area (Å²) in [7, 11) is 1.31. The van der Waals surface area contributed by atoms with E-state index in [0.717, 1.165) is 5.56 Å². The number of carbonyl (C=O) groups is 1. The van der Waals surface area contributed by atoms with Gasteiger partial charge in [0.1, 0.15) is 0 Å². The Hall–Kier alpha value is -2.73. The van der Waals surface area contributed by atoms with Crippen molar-refractivity contribution < 1.29 is 9.53 Å². The maximum Gasteiger partial charge on any atom is 0.337 e. The van der Waals surface area contributed by atoms with Crippen LogP contribution in [0, 0.1) is 4.77 Å². The second kappa shape index (κ2) is 6.41. The number of esters is 1. The molecule has 122 valence electrons. The van der Waals surface area contributed by atoms with Crippen LogP contribution in [0.25, 0.3) is 10.9 Å². The van der Waals surface area contributed by atoms with Crippen LogP contribution >= 0.6 is 12.2 Å². The topological polar surface area (TPSA) is 64.1 Å². The van der Waals surface area contributed by atoms with Crippen molar-refractivity contribution in [2.24, 2.45) is 0 Å². The number of nitrogens with one attached hydrogen (secondary N) is 1. The van der Waals surface area contributed by atoms with E-state index < -0.39 is 5.97 Å². The average molecular weight is 340 g/mol. The summed E-state index contributed by atoms with van der Waals surface area (Å²) < 4.78 is 6.56. The molecule has 0 saturated heterocycles. The maximum absolute atomic E-state index is 12.9. The van der Waals surface area contributed by atoms with E-state index in [2.05, 4.69) is 4.98 Å². The molecule has 3 aromatic rings. The summed E-state index contributed by atoms with van der Waals surface area (Å²) in [6.07, 6.45) is 0. The fraction of sp³-hybridized carbons (Fsp3) is 0.167. The monoisotopic (exact) mass is 340 g/mol. The van der Waals surface area contributed by atoms with Crippen molar-refractivity contribution >= 4 is 29.1 Å². The van der Waals surface area contributed by atoms with Gasteiger partial charge in [-0.05, 0) is 42.9 Å². The summed E-state index contributed by atoms with van der Waals surface area (Å²) >= 11 is 5.37. The van der Waals surface area contributed by atoms with Crippen molar-refractivity contribution in [2.75, 3.05) is 7.11 Å². The number of hydrogen-bond acceptors (Lipinski definition) is 4. The van der Waals surface area contributed by atoms with E-state index in [1.54, 1.807) is 22.8 Å². The Labute approximate surface area is 143 Å². The molecule has 2 aromatic carbocycles. The third-order valence-corrected chi connectivity index (χ3v) is 4.32. The molecule has 0 spiro atoms. The number of carbonyl (C=O) groups excluding carboxylic acids is 1. The number of benzene rings is 2. The van der Waals surface area contributed by atoms with E-state index in [-0.39, 0.29) is 11.6 Å². The number of ether oxygens (including phenoxy) is 1. The first-order valence-electron chi connectivity index (χ1n) is 7.44. The molecular weight excluding hydrogens is 324 g/mol. The minimum atomic E-state index is -0.460. The summed E-state index contributed by atoms with van der Waals surface area (Å²) in [6, 6.07) is 14.2. The Morgan fingerprint density at radius 3 is 2.58 bits per heavy atom. The fourth-order valence-electron chi connectivity index (χ4n) is 2.71. The Balaban J connectivity index is 2.20. The normalized spacial score (nSPS) is 12.1.